The van der Waals surface area contributed by atoms with E-state index in [0.717, 1.165) is 38.8 Å². The predicted octanol–water partition coefficient (Wildman–Crippen LogP) is 2.99. The molecule has 2 saturated heterocycles. The van der Waals surface area contributed by atoms with E-state index in [1.165, 1.54) is 17.7 Å². The van der Waals surface area contributed by atoms with Crippen LogP contribution in [0.1, 0.15) is 44.9 Å². The van der Waals surface area contributed by atoms with Crippen molar-refractivity contribution in [2.24, 2.45) is 5.92 Å². The highest BCUT2D eigenvalue weighted by atomic mass is 19.4. The minimum Gasteiger partial charge on any atom is -0.334 e. The Balaban J connectivity index is 1.54. The molecule has 0 unspecified atom stereocenters. The lowest BCUT2D eigenvalue weighted by molar-refractivity contribution is -0.136. The van der Waals surface area contributed by atoms with Gasteiger partial charge in [0.05, 0.1) is 6.42 Å². The topological polar surface area (TPSA) is 35.6 Å². The SMILES string of the molecule is O=C(N[C@H]1CCN2CCCC[C@H]12)N(CCC(F)(F)F)CC1CC1. The molecule has 3 aliphatic rings. The average Bonchev–Trinajstić information content (AvgIpc) is 3.23. The Hall–Kier alpha value is -0.980. The van der Waals surface area contributed by atoms with Gasteiger partial charge in [0, 0.05) is 31.7 Å². The van der Waals surface area contributed by atoms with Crippen molar-refractivity contribution in [1.29, 1.82) is 0 Å². The molecule has 1 N–H and O–H groups in total. The van der Waals surface area contributed by atoms with Gasteiger partial charge in [-0.05, 0) is 44.6 Å². The number of carbonyl (C=O) groups is 1. The van der Waals surface area contributed by atoms with E-state index in [0.29, 0.717) is 18.5 Å². The standard InChI is InChI=1S/C16H26F3N3O/c17-16(18,19)7-10-22(11-12-4-5-12)15(23)20-13-6-9-21-8-2-1-3-14(13)21/h12-14H,1-11H2,(H,20,23)/t13-,14+/m0/s1. The largest absolute Gasteiger partial charge is 0.390 e. The lowest BCUT2D eigenvalue weighted by Crippen LogP contribution is -2.51. The van der Waals surface area contributed by atoms with Gasteiger partial charge in [-0.3, -0.25) is 4.90 Å². The fraction of sp³-hybridized carbons (Fsp3) is 0.938. The van der Waals surface area contributed by atoms with Gasteiger partial charge in [-0.2, -0.15) is 13.2 Å². The molecule has 0 aromatic rings. The van der Waals surface area contributed by atoms with Crippen LogP contribution in [0.3, 0.4) is 0 Å². The van der Waals surface area contributed by atoms with Gasteiger partial charge in [0.25, 0.3) is 0 Å². The molecule has 1 aliphatic carbocycles. The van der Waals surface area contributed by atoms with Crippen LogP contribution in [0.4, 0.5) is 18.0 Å². The van der Waals surface area contributed by atoms with E-state index in [-0.39, 0.29) is 18.6 Å². The number of urea groups is 1. The van der Waals surface area contributed by atoms with E-state index in [1.807, 2.05) is 0 Å². The summed E-state index contributed by atoms with van der Waals surface area (Å²) in [6, 6.07) is 0.159. The Morgan fingerprint density at radius 1 is 1.13 bits per heavy atom. The lowest BCUT2D eigenvalue weighted by atomic mass is 9.99. The molecule has 2 heterocycles. The summed E-state index contributed by atoms with van der Waals surface area (Å²) in [6.07, 6.45) is 1.28. The molecule has 132 valence electrons. The van der Waals surface area contributed by atoms with Crippen LogP contribution in [0.25, 0.3) is 0 Å². The minimum absolute atomic E-state index is 0.0930. The van der Waals surface area contributed by atoms with Crippen LogP contribution in [-0.2, 0) is 0 Å². The van der Waals surface area contributed by atoms with Gasteiger partial charge in [0.15, 0.2) is 0 Å². The van der Waals surface area contributed by atoms with Crippen molar-refractivity contribution in [3.05, 3.63) is 0 Å². The van der Waals surface area contributed by atoms with Gasteiger partial charge in [-0.1, -0.05) is 6.42 Å². The van der Waals surface area contributed by atoms with Crippen LogP contribution in [0.5, 0.6) is 0 Å². The van der Waals surface area contributed by atoms with Gasteiger partial charge in [-0.15, -0.1) is 0 Å². The molecule has 23 heavy (non-hydrogen) atoms. The molecule has 2 atom stereocenters. The smallest absolute Gasteiger partial charge is 0.334 e. The number of amides is 2. The second-order valence-electron chi connectivity index (χ2n) is 7.20. The summed E-state index contributed by atoms with van der Waals surface area (Å²) < 4.78 is 37.5. The summed E-state index contributed by atoms with van der Waals surface area (Å²) in [7, 11) is 0. The Morgan fingerprint density at radius 3 is 2.61 bits per heavy atom. The summed E-state index contributed by atoms with van der Waals surface area (Å²) in [5.74, 6) is 0.392. The highest BCUT2D eigenvalue weighted by Gasteiger charge is 2.38. The zero-order valence-corrected chi connectivity index (χ0v) is 13.4. The molecule has 2 amide bonds. The predicted molar refractivity (Wildman–Crippen MR) is 81.1 cm³/mol. The van der Waals surface area contributed by atoms with Gasteiger partial charge < -0.3 is 10.2 Å². The third-order valence-electron chi connectivity index (χ3n) is 5.29. The molecule has 0 bridgehead atoms. The Morgan fingerprint density at radius 2 is 1.91 bits per heavy atom. The summed E-state index contributed by atoms with van der Waals surface area (Å²) in [5, 5.41) is 3.03. The summed E-state index contributed by atoms with van der Waals surface area (Å²) >= 11 is 0. The highest BCUT2D eigenvalue weighted by molar-refractivity contribution is 5.74. The number of carbonyl (C=O) groups excluding carboxylic acids is 1. The number of hydrogen-bond acceptors (Lipinski definition) is 2. The van der Waals surface area contributed by atoms with Gasteiger partial charge in [0.1, 0.15) is 0 Å². The first-order valence-electron chi connectivity index (χ1n) is 8.78. The van der Waals surface area contributed by atoms with Crippen LogP contribution in [0, 0.1) is 5.92 Å². The molecule has 0 aromatic carbocycles. The number of fused-ring (bicyclic) bond motifs is 1. The number of nitrogens with zero attached hydrogens (tertiary/aromatic N) is 2. The van der Waals surface area contributed by atoms with Crippen molar-refractivity contribution in [2.75, 3.05) is 26.2 Å². The molecule has 3 rings (SSSR count). The molecule has 3 fully saturated rings. The molecule has 0 radical (unpaired) electrons. The fourth-order valence-corrected chi connectivity index (χ4v) is 3.82. The van der Waals surface area contributed by atoms with Crippen LogP contribution in [0.2, 0.25) is 0 Å². The van der Waals surface area contributed by atoms with Crippen molar-refractivity contribution < 1.29 is 18.0 Å². The number of nitrogens with one attached hydrogen (secondary N) is 1. The van der Waals surface area contributed by atoms with E-state index in [9.17, 15) is 18.0 Å². The Labute approximate surface area is 135 Å². The molecule has 2 aliphatic heterocycles. The first-order valence-corrected chi connectivity index (χ1v) is 8.78. The second-order valence-corrected chi connectivity index (χ2v) is 7.20. The van der Waals surface area contributed by atoms with E-state index >= 15 is 0 Å². The van der Waals surface area contributed by atoms with E-state index < -0.39 is 12.6 Å². The molecular formula is C16H26F3N3O. The van der Waals surface area contributed by atoms with Crippen LogP contribution in [-0.4, -0.2) is 60.3 Å². The zero-order valence-electron chi connectivity index (χ0n) is 13.4. The van der Waals surface area contributed by atoms with Crippen molar-refractivity contribution in [1.82, 2.24) is 15.1 Å². The first-order chi connectivity index (χ1) is 10.9. The maximum atomic E-state index is 12.5. The van der Waals surface area contributed by atoms with Crippen LogP contribution < -0.4 is 5.32 Å². The molecule has 0 aromatic heterocycles. The molecule has 4 nitrogen and oxygen atoms in total. The van der Waals surface area contributed by atoms with E-state index in [1.54, 1.807) is 0 Å². The lowest BCUT2D eigenvalue weighted by Gasteiger charge is -2.33. The van der Waals surface area contributed by atoms with E-state index in [4.69, 9.17) is 0 Å². The minimum atomic E-state index is -4.21. The molecule has 0 spiro atoms. The number of halogens is 3. The zero-order chi connectivity index (χ0) is 16.4. The monoisotopic (exact) mass is 333 g/mol. The summed E-state index contributed by atoms with van der Waals surface area (Å²) in [4.78, 5) is 16.3. The number of alkyl halides is 3. The first kappa shape index (κ1) is 16.9. The number of hydrogen-bond donors (Lipinski definition) is 1. The Kier molecular flexibility index (Phi) is 5.04. The average molecular weight is 333 g/mol. The molecule has 7 heteroatoms. The summed E-state index contributed by atoms with van der Waals surface area (Å²) in [5.41, 5.74) is 0. The third-order valence-corrected chi connectivity index (χ3v) is 5.29. The van der Waals surface area contributed by atoms with Crippen molar-refractivity contribution >= 4 is 6.03 Å². The van der Waals surface area contributed by atoms with Crippen LogP contribution in [0.15, 0.2) is 0 Å². The number of piperidine rings is 1. The highest BCUT2D eigenvalue weighted by Crippen LogP contribution is 2.31. The third kappa shape index (κ3) is 4.75. The second kappa shape index (κ2) is 6.87. The van der Waals surface area contributed by atoms with Crippen molar-refractivity contribution in [2.45, 2.75) is 63.2 Å². The fourth-order valence-electron chi connectivity index (χ4n) is 3.82. The maximum Gasteiger partial charge on any atom is 0.390 e. The van der Waals surface area contributed by atoms with Crippen molar-refractivity contribution in [3.8, 4) is 0 Å². The van der Waals surface area contributed by atoms with Gasteiger partial charge >= 0.3 is 12.2 Å². The normalized spacial score (nSPS) is 28.5. The molecular weight excluding hydrogens is 307 g/mol. The van der Waals surface area contributed by atoms with Crippen LogP contribution >= 0.6 is 0 Å². The van der Waals surface area contributed by atoms with Gasteiger partial charge in [-0.25, -0.2) is 4.79 Å². The maximum absolute atomic E-state index is 12.5. The Bertz CT molecular complexity index is 425. The van der Waals surface area contributed by atoms with Gasteiger partial charge in [0.2, 0.25) is 0 Å². The summed E-state index contributed by atoms with van der Waals surface area (Å²) in [6.45, 7) is 2.30. The number of rotatable bonds is 5. The van der Waals surface area contributed by atoms with Crippen molar-refractivity contribution in [3.63, 3.8) is 0 Å². The quantitative estimate of drug-likeness (QED) is 0.839. The van der Waals surface area contributed by atoms with E-state index in [2.05, 4.69) is 10.2 Å². The molecule has 1 saturated carbocycles.